The van der Waals surface area contributed by atoms with Gasteiger partial charge in [-0.15, -0.1) is 0 Å². The van der Waals surface area contributed by atoms with Crippen LogP contribution < -0.4 is 20.1 Å². The normalized spacial score (nSPS) is 14.2. The molecule has 0 aromatic heterocycles. The number of nitrogens with zero attached hydrogens (tertiary/aromatic N) is 1. The number of amides is 3. The molecule has 7 nitrogen and oxygen atoms in total. The summed E-state index contributed by atoms with van der Waals surface area (Å²) in [5.41, 5.74) is 1.33. The van der Waals surface area contributed by atoms with Gasteiger partial charge in [-0.05, 0) is 68.3 Å². The maximum Gasteiger partial charge on any atom is 0.321 e. The second kappa shape index (κ2) is 9.82. The van der Waals surface area contributed by atoms with Gasteiger partial charge in [-0.1, -0.05) is 0 Å². The summed E-state index contributed by atoms with van der Waals surface area (Å²) >= 11 is 0. The molecule has 2 N–H and O–H groups in total. The number of hydrogen-bond donors (Lipinski definition) is 2. The highest BCUT2D eigenvalue weighted by Gasteiger charge is 2.24. The molecule has 1 aliphatic heterocycles. The van der Waals surface area contributed by atoms with Crippen LogP contribution in [-0.2, 0) is 0 Å². The van der Waals surface area contributed by atoms with Crippen molar-refractivity contribution >= 4 is 17.6 Å². The molecular weight excluding hydrogens is 370 g/mol. The maximum atomic E-state index is 12.4. The molecule has 2 aromatic carbocycles. The lowest BCUT2D eigenvalue weighted by molar-refractivity contribution is 0.0919. The second-order valence-corrected chi connectivity index (χ2v) is 6.85. The van der Waals surface area contributed by atoms with Gasteiger partial charge < -0.3 is 25.0 Å². The number of ether oxygens (including phenoxy) is 2. The first-order valence-corrected chi connectivity index (χ1v) is 9.82. The SMILES string of the molecule is CCOc1ccc(C(=O)NC2CCN(C(=O)Nc3ccc(OC)cc3)CC2)cc1. The minimum atomic E-state index is -0.133. The van der Waals surface area contributed by atoms with Crippen LogP contribution >= 0.6 is 0 Å². The molecule has 1 aliphatic rings. The fraction of sp³-hybridized carbons (Fsp3) is 0.364. The molecule has 1 fully saturated rings. The smallest absolute Gasteiger partial charge is 0.321 e. The highest BCUT2D eigenvalue weighted by molar-refractivity contribution is 5.94. The van der Waals surface area contributed by atoms with Crippen LogP contribution in [0.25, 0.3) is 0 Å². The lowest BCUT2D eigenvalue weighted by Crippen LogP contribution is -2.47. The topological polar surface area (TPSA) is 79.9 Å². The summed E-state index contributed by atoms with van der Waals surface area (Å²) < 4.78 is 10.5. The lowest BCUT2D eigenvalue weighted by atomic mass is 10.0. The Morgan fingerprint density at radius 2 is 1.62 bits per heavy atom. The predicted molar refractivity (Wildman–Crippen MR) is 112 cm³/mol. The first-order chi connectivity index (χ1) is 14.1. The van der Waals surface area contributed by atoms with E-state index < -0.39 is 0 Å². The van der Waals surface area contributed by atoms with Gasteiger partial charge in [0.1, 0.15) is 11.5 Å². The van der Waals surface area contributed by atoms with Gasteiger partial charge in [0.15, 0.2) is 0 Å². The zero-order valence-electron chi connectivity index (χ0n) is 16.8. The third-order valence-corrected chi connectivity index (χ3v) is 4.89. The Morgan fingerprint density at radius 3 is 2.21 bits per heavy atom. The molecule has 0 aliphatic carbocycles. The van der Waals surface area contributed by atoms with E-state index in [1.54, 1.807) is 60.5 Å². The molecule has 3 rings (SSSR count). The van der Waals surface area contributed by atoms with E-state index >= 15 is 0 Å². The number of benzene rings is 2. The lowest BCUT2D eigenvalue weighted by Gasteiger charge is -2.32. The van der Waals surface area contributed by atoms with Crippen LogP contribution in [0.15, 0.2) is 48.5 Å². The average molecular weight is 397 g/mol. The maximum absolute atomic E-state index is 12.4. The first kappa shape index (κ1) is 20.5. The van der Waals surface area contributed by atoms with Crippen molar-refractivity contribution in [3.8, 4) is 11.5 Å². The van der Waals surface area contributed by atoms with Gasteiger partial charge in [-0.2, -0.15) is 0 Å². The van der Waals surface area contributed by atoms with E-state index in [1.807, 2.05) is 6.92 Å². The average Bonchev–Trinajstić information content (AvgIpc) is 2.75. The van der Waals surface area contributed by atoms with Crippen LogP contribution in [0.2, 0.25) is 0 Å². The minimum Gasteiger partial charge on any atom is -0.497 e. The molecule has 0 unspecified atom stereocenters. The number of likely N-dealkylation sites (tertiary alicyclic amines) is 1. The fourth-order valence-electron chi connectivity index (χ4n) is 3.24. The Labute approximate surface area is 171 Å². The van der Waals surface area contributed by atoms with Gasteiger partial charge in [0.25, 0.3) is 5.91 Å². The van der Waals surface area contributed by atoms with Crippen molar-refractivity contribution in [1.29, 1.82) is 0 Å². The summed E-state index contributed by atoms with van der Waals surface area (Å²) in [7, 11) is 1.60. The Bertz CT molecular complexity index is 813. The summed E-state index contributed by atoms with van der Waals surface area (Å²) in [6.07, 6.45) is 1.44. The van der Waals surface area contributed by atoms with E-state index in [2.05, 4.69) is 10.6 Å². The quantitative estimate of drug-likeness (QED) is 0.782. The van der Waals surface area contributed by atoms with Gasteiger partial charge in [0.05, 0.1) is 13.7 Å². The monoisotopic (exact) mass is 397 g/mol. The second-order valence-electron chi connectivity index (χ2n) is 6.85. The summed E-state index contributed by atoms with van der Waals surface area (Å²) in [5.74, 6) is 1.39. The van der Waals surface area contributed by atoms with Crippen LogP contribution in [0.1, 0.15) is 30.1 Å². The third-order valence-electron chi connectivity index (χ3n) is 4.89. The number of piperidine rings is 1. The number of rotatable bonds is 6. The van der Waals surface area contributed by atoms with Gasteiger partial charge >= 0.3 is 6.03 Å². The Balaban J connectivity index is 1.45. The van der Waals surface area contributed by atoms with Gasteiger partial charge in [-0.3, -0.25) is 4.79 Å². The number of urea groups is 1. The molecule has 7 heteroatoms. The van der Waals surface area contributed by atoms with E-state index in [0.717, 1.165) is 30.0 Å². The molecule has 0 saturated carbocycles. The molecule has 29 heavy (non-hydrogen) atoms. The molecule has 3 amide bonds. The summed E-state index contributed by atoms with van der Waals surface area (Å²) in [4.78, 5) is 26.6. The number of methoxy groups -OCH3 is 1. The predicted octanol–water partition coefficient (Wildman–Crippen LogP) is 3.52. The van der Waals surface area contributed by atoms with Crippen LogP contribution in [0.5, 0.6) is 11.5 Å². The number of anilines is 1. The van der Waals surface area contributed by atoms with Crippen LogP contribution in [0.4, 0.5) is 10.5 Å². The highest BCUT2D eigenvalue weighted by Crippen LogP contribution is 2.18. The number of nitrogens with one attached hydrogen (secondary N) is 2. The van der Waals surface area contributed by atoms with E-state index in [1.165, 1.54) is 0 Å². The van der Waals surface area contributed by atoms with Crippen molar-refractivity contribution in [3.05, 3.63) is 54.1 Å². The van der Waals surface area contributed by atoms with Crippen LogP contribution in [0, 0.1) is 0 Å². The van der Waals surface area contributed by atoms with E-state index in [9.17, 15) is 9.59 Å². The largest absolute Gasteiger partial charge is 0.497 e. The Hall–Kier alpha value is -3.22. The molecule has 0 spiro atoms. The zero-order valence-corrected chi connectivity index (χ0v) is 16.8. The number of carbonyl (C=O) groups excluding carboxylic acids is 2. The van der Waals surface area contributed by atoms with E-state index in [0.29, 0.717) is 25.3 Å². The van der Waals surface area contributed by atoms with Crippen molar-refractivity contribution in [2.75, 3.05) is 32.1 Å². The third kappa shape index (κ3) is 5.63. The number of carbonyl (C=O) groups is 2. The number of hydrogen-bond acceptors (Lipinski definition) is 4. The summed E-state index contributed by atoms with van der Waals surface area (Å²) in [5, 5.41) is 5.95. The molecule has 0 radical (unpaired) electrons. The molecule has 154 valence electrons. The molecule has 0 bridgehead atoms. The Kier molecular flexibility index (Phi) is 6.94. The van der Waals surface area contributed by atoms with Crippen molar-refractivity contribution in [3.63, 3.8) is 0 Å². The zero-order chi connectivity index (χ0) is 20.6. The Morgan fingerprint density at radius 1 is 1.00 bits per heavy atom. The van der Waals surface area contributed by atoms with Crippen LogP contribution in [-0.4, -0.2) is 49.7 Å². The van der Waals surface area contributed by atoms with Gasteiger partial charge in [0, 0.05) is 30.4 Å². The molecule has 1 heterocycles. The van der Waals surface area contributed by atoms with Crippen LogP contribution in [0.3, 0.4) is 0 Å². The summed E-state index contributed by atoms with van der Waals surface area (Å²) in [6.45, 7) is 3.70. The fourth-order valence-corrected chi connectivity index (χ4v) is 3.24. The molecule has 0 atom stereocenters. The van der Waals surface area contributed by atoms with E-state index in [-0.39, 0.29) is 18.0 Å². The first-order valence-electron chi connectivity index (χ1n) is 9.82. The van der Waals surface area contributed by atoms with Crippen molar-refractivity contribution < 1.29 is 19.1 Å². The van der Waals surface area contributed by atoms with Gasteiger partial charge in [0.2, 0.25) is 0 Å². The molecule has 2 aromatic rings. The highest BCUT2D eigenvalue weighted by atomic mass is 16.5. The van der Waals surface area contributed by atoms with Gasteiger partial charge in [-0.25, -0.2) is 4.79 Å². The molecular formula is C22H27N3O4. The van der Waals surface area contributed by atoms with E-state index in [4.69, 9.17) is 9.47 Å². The molecule has 1 saturated heterocycles. The van der Waals surface area contributed by atoms with Crippen molar-refractivity contribution in [1.82, 2.24) is 10.2 Å². The standard InChI is InChI=1S/C22H27N3O4/c1-3-29-20-8-4-16(5-9-20)21(26)23-18-12-14-25(15-13-18)22(27)24-17-6-10-19(28-2)11-7-17/h4-11,18H,3,12-15H2,1-2H3,(H,23,26)(H,24,27). The minimum absolute atomic E-state index is 0.0547. The van der Waals surface area contributed by atoms with Crippen molar-refractivity contribution in [2.24, 2.45) is 0 Å². The van der Waals surface area contributed by atoms with Crippen molar-refractivity contribution in [2.45, 2.75) is 25.8 Å². The summed E-state index contributed by atoms with van der Waals surface area (Å²) in [6, 6.07) is 14.3.